The van der Waals surface area contributed by atoms with Crippen molar-refractivity contribution < 1.29 is 14.4 Å². The van der Waals surface area contributed by atoms with Gasteiger partial charge in [-0.2, -0.15) is 0 Å². The molecule has 230 valence electrons. The molecule has 1 aliphatic carbocycles. The van der Waals surface area contributed by atoms with Crippen molar-refractivity contribution in [2.24, 2.45) is 5.92 Å². The van der Waals surface area contributed by atoms with E-state index in [1.165, 1.54) is 5.56 Å². The van der Waals surface area contributed by atoms with Crippen molar-refractivity contribution in [3.63, 3.8) is 0 Å². The zero-order chi connectivity index (χ0) is 30.1. The van der Waals surface area contributed by atoms with Gasteiger partial charge in [-0.15, -0.1) is 11.3 Å². The highest BCUT2D eigenvalue weighted by molar-refractivity contribution is 7.18. The summed E-state index contributed by atoms with van der Waals surface area (Å²) >= 11 is 1.57. The number of amides is 3. The molecule has 1 aliphatic heterocycles. The third-order valence-corrected chi connectivity index (χ3v) is 9.56. The van der Waals surface area contributed by atoms with Gasteiger partial charge in [-0.3, -0.25) is 19.3 Å². The fraction of sp³-hybridized carbons (Fsp3) is 0.625. The summed E-state index contributed by atoms with van der Waals surface area (Å²) in [5, 5.41) is 10.1. The Morgan fingerprint density at radius 2 is 1.83 bits per heavy atom. The zero-order valence-corrected chi connectivity index (χ0v) is 26.4. The Bertz CT molecular complexity index is 1230. The van der Waals surface area contributed by atoms with Crippen LogP contribution in [0.3, 0.4) is 0 Å². The number of hydrogen-bond donors (Lipinski definition) is 3. The van der Waals surface area contributed by atoms with Gasteiger partial charge in [-0.1, -0.05) is 39.3 Å². The Kier molecular flexibility index (Phi) is 11.9. The fourth-order valence-electron chi connectivity index (χ4n) is 5.86. The first-order chi connectivity index (χ1) is 20.2. The molecule has 0 unspecified atom stereocenters. The van der Waals surface area contributed by atoms with E-state index >= 15 is 0 Å². The van der Waals surface area contributed by atoms with Crippen LogP contribution in [0.5, 0.6) is 0 Å². The van der Waals surface area contributed by atoms with Gasteiger partial charge in [-0.05, 0) is 56.3 Å². The molecule has 9 nitrogen and oxygen atoms in total. The lowest BCUT2D eigenvalue weighted by Gasteiger charge is -2.32. The molecule has 42 heavy (non-hydrogen) atoms. The van der Waals surface area contributed by atoms with Crippen LogP contribution in [0.2, 0.25) is 0 Å². The van der Waals surface area contributed by atoms with Crippen molar-refractivity contribution in [3.8, 4) is 0 Å². The molecular weight excluding hydrogens is 548 g/mol. The van der Waals surface area contributed by atoms with Crippen LogP contribution < -0.4 is 16.0 Å². The summed E-state index contributed by atoms with van der Waals surface area (Å²) in [6.07, 6.45) is 6.58. The van der Waals surface area contributed by atoms with E-state index < -0.39 is 6.04 Å². The maximum Gasteiger partial charge on any atom is 0.247 e. The number of piperazine rings is 1. The summed E-state index contributed by atoms with van der Waals surface area (Å²) < 4.78 is 1.09. The number of aryl methyl sites for hydroxylation is 1. The van der Waals surface area contributed by atoms with E-state index in [2.05, 4.69) is 58.4 Å². The van der Waals surface area contributed by atoms with Gasteiger partial charge >= 0.3 is 0 Å². The molecule has 4 rings (SSSR count). The molecule has 3 amide bonds. The van der Waals surface area contributed by atoms with Crippen LogP contribution >= 0.6 is 11.3 Å². The lowest BCUT2D eigenvalue weighted by atomic mass is 9.97. The molecule has 0 spiro atoms. The molecule has 1 aromatic carbocycles. The van der Waals surface area contributed by atoms with E-state index in [0.717, 1.165) is 73.5 Å². The summed E-state index contributed by atoms with van der Waals surface area (Å²) in [6.45, 7) is 12.8. The summed E-state index contributed by atoms with van der Waals surface area (Å²) in [6, 6.07) is 5.31. The number of carbonyl (C=O) groups excluding carboxylic acids is 3. The first-order valence-corrected chi connectivity index (χ1v) is 16.4. The third kappa shape index (κ3) is 9.09. The van der Waals surface area contributed by atoms with Crippen molar-refractivity contribution in [3.05, 3.63) is 40.9 Å². The molecule has 2 heterocycles. The second-order valence-electron chi connectivity index (χ2n) is 11.9. The van der Waals surface area contributed by atoms with E-state index in [1.54, 1.807) is 11.3 Å². The first kappa shape index (κ1) is 32.1. The summed E-state index contributed by atoms with van der Waals surface area (Å²) in [7, 11) is 2.11. The first-order valence-electron chi connectivity index (χ1n) is 15.6. The van der Waals surface area contributed by atoms with Crippen LogP contribution in [-0.2, 0) is 27.2 Å². The van der Waals surface area contributed by atoms with E-state index in [-0.39, 0.29) is 29.7 Å². The monoisotopic (exact) mass is 596 g/mol. The number of carbonyl (C=O) groups is 3. The molecule has 10 heteroatoms. The molecule has 1 saturated carbocycles. The Hall–Kier alpha value is -2.82. The van der Waals surface area contributed by atoms with Crippen molar-refractivity contribution >= 4 is 39.3 Å². The highest BCUT2D eigenvalue weighted by Crippen LogP contribution is 2.28. The lowest BCUT2D eigenvalue weighted by molar-refractivity contribution is -0.129. The Morgan fingerprint density at radius 3 is 2.52 bits per heavy atom. The van der Waals surface area contributed by atoms with Crippen LogP contribution in [0.1, 0.15) is 62.9 Å². The Labute approximate surface area is 254 Å². The molecule has 2 aliphatic rings. The van der Waals surface area contributed by atoms with Crippen molar-refractivity contribution in [1.29, 1.82) is 0 Å². The van der Waals surface area contributed by atoms with Gasteiger partial charge in [0.1, 0.15) is 6.04 Å². The molecule has 0 radical (unpaired) electrons. The van der Waals surface area contributed by atoms with Gasteiger partial charge in [0.15, 0.2) is 0 Å². The predicted molar refractivity (Wildman–Crippen MR) is 170 cm³/mol. The molecular formula is C32H48N6O3S. The number of benzene rings is 1. The van der Waals surface area contributed by atoms with Crippen LogP contribution in [-0.4, -0.2) is 90.9 Å². The molecule has 0 bridgehead atoms. The third-order valence-electron chi connectivity index (χ3n) is 8.52. The number of hydrogen-bond acceptors (Lipinski definition) is 7. The van der Waals surface area contributed by atoms with E-state index in [4.69, 9.17) is 4.98 Å². The number of nitrogens with one attached hydrogen (secondary N) is 3. The quantitative estimate of drug-likeness (QED) is 0.289. The van der Waals surface area contributed by atoms with Crippen molar-refractivity contribution in [2.75, 3.05) is 46.3 Å². The van der Waals surface area contributed by atoms with Gasteiger partial charge < -0.3 is 20.9 Å². The normalized spacial score (nSPS) is 18.1. The predicted octanol–water partition coefficient (Wildman–Crippen LogP) is 3.28. The van der Waals surface area contributed by atoms with Crippen LogP contribution in [0.4, 0.5) is 0 Å². The molecule has 1 aromatic heterocycles. The average Bonchev–Trinajstić information content (AvgIpc) is 3.65. The summed E-state index contributed by atoms with van der Waals surface area (Å²) in [4.78, 5) is 48.7. The molecule has 1 saturated heterocycles. The standard InChI is InChI=1S/C32H48N6O3S/c1-5-9-29(39)34-26(19-30-35-25-13-12-23(6-2)18-28(25)42-30)32(41)36-27(24-10-7-8-11-24)20-33-31(40)22(3)21-38-16-14-37(4)15-17-38/h12-13,18,24,26-27H,3,5-11,14-17,19-21H2,1-2,4H3,(H,33,40)(H,34,39)(H,36,41)/t26-,27+/m0/s1. The van der Waals surface area contributed by atoms with E-state index in [9.17, 15) is 14.4 Å². The second-order valence-corrected chi connectivity index (χ2v) is 13.0. The number of nitrogens with zero attached hydrogens (tertiary/aromatic N) is 3. The number of fused-ring (bicyclic) bond motifs is 1. The van der Waals surface area contributed by atoms with Gasteiger partial charge in [0.05, 0.1) is 15.2 Å². The minimum Gasteiger partial charge on any atom is -0.350 e. The SMILES string of the molecule is C=C(CN1CCN(C)CC1)C(=O)NC[C@@H](NC(=O)[C@H](Cc1nc2ccc(CC)cc2s1)NC(=O)CCC)C1CCCC1. The zero-order valence-electron chi connectivity index (χ0n) is 25.5. The highest BCUT2D eigenvalue weighted by Gasteiger charge is 2.31. The average molecular weight is 597 g/mol. The van der Waals surface area contributed by atoms with Gasteiger partial charge in [0, 0.05) is 63.7 Å². The highest BCUT2D eigenvalue weighted by atomic mass is 32.1. The van der Waals surface area contributed by atoms with E-state index in [1.807, 2.05) is 13.0 Å². The maximum atomic E-state index is 13.7. The fourth-order valence-corrected chi connectivity index (χ4v) is 6.93. The van der Waals surface area contributed by atoms with Gasteiger partial charge in [0.25, 0.3) is 0 Å². The number of rotatable bonds is 14. The van der Waals surface area contributed by atoms with Crippen LogP contribution in [0.25, 0.3) is 10.2 Å². The maximum absolute atomic E-state index is 13.7. The topological polar surface area (TPSA) is 107 Å². The molecule has 3 N–H and O–H groups in total. The second kappa shape index (κ2) is 15.6. The Morgan fingerprint density at radius 1 is 1.10 bits per heavy atom. The minimum absolute atomic E-state index is 0.141. The van der Waals surface area contributed by atoms with Gasteiger partial charge in [-0.25, -0.2) is 4.98 Å². The van der Waals surface area contributed by atoms with Gasteiger partial charge in [0.2, 0.25) is 17.7 Å². The number of likely N-dealkylation sites (N-methyl/N-ethyl adjacent to an activating group) is 1. The smallest absolute Gasteiger partial charge is 0.247 e. The van der Waals surface area contributed by atoms with Crippen molar-refractivity contribution in [2.45, 2.75) is 77.3 Å². The summed E-state index contributed by atoms with van der Waals surface area (Å²) in [5.74, 6) is -0.254. The largest absolute Gasteiger partial charge is 0.350 e. The molecule has 2 aromatic rings. The van der Waals surface area contributed by atoms with Crippen molar-refractivity contribution in [1.82, 2.24) is 30.7 Å². The lowest BCUT2D eigenvalue weighted by Crippen LogP contribution is -2.55. The molecule has 2 atom stereocenters. The Balaban J connectivity index is 1.41. The van der Waals surface area contributed by atoms with Crippen LogP contribution in [0, 0.1) is 5.92 Å². The molecule has 2 fully saturated rings. The number of thiazole rings is 1. The number of aromatic nitrogens is 1. The van der Waals surface area contributed by atoms with E-state index in [0.29, 0.717) is 37.9 Å². The summed E-state index contributed by atoms with van der Waals surface area (Å²) in [5.41, 5.74) is 2.70. The van der Waals surface area contributed by atoms with Crippen LogP contribution in [0.15, 0.2) is 30.4 Å². The minimum atomic E-state index is -0.734.